The van der Waals surface area contributed by atoms with Crippen LogP contribution in [-0.4, -0.2) is 19.8 Å². The summed E-state index contributed by atoms with van der Waals surface area (Å²) in [5.74, 6) is 0.982. The lowest BCUT2D eigenvalue weighted by Gasteiger charge is -2.16. The lowest BCUT2D eigenvalue weighted by molar-refractivity contribution is 0.0500. The number of hydrogen-bond acceptors (Lipinski definition) is 3. The predicted molar refractivity (Wildman–Crippen MR) is 65.8 cm³/mol. The number of aryl methyl sites for hydroxylation is 3. The van der Waals surface area contributed by atoms with Crippen molar-refractivity contribution in [3.05, 3.63) is 28.8 Å². The molecule has 0 radical (unpaired) electrons. The molecule has 0 aromatic heterocycles. The maximum Gasteiger partial charge on any atom is 0.125 e. The average Bonchev–Trinajstić information content (AvgIpc) is 2.16. The molecule has 0 spiro atoms. The zero-order valence-corrected chi connectivity index (χ0v) is 10.8. The monoisotopic (exact) mass is 223 g/mol. The van der Waals surface area contributed by atoms with E-state index in [2.05, 4.69) is 38.4 Å². The Morgan fingerprint density at radius 2 is 1.75 bits per heavy atom. The molecule has 90 valence electrons. The highest BCUT2D eigenvalue weighted by atomic mass is 16.6. The molecular formula is C13H21NO2. The van der Waals surface area contributed by atoms with Gasteiger partial charge in [0, 0.05) is 0 Å². The van der Waals surface area contributed by atoms with Crippen LogP contribution >= 0.6 is 0 Å². The Morgan fingerprint density at radius 3 is 2.25 bits per heavy atom. The van der Waals surface area contributed by atoms with Crippen LogP contribution in [0, 0.1) is 20.8 Å². The number of nitrogens with one attached hydrogen (secondary N) is 1. The zero-order valence-electron chi connectivity index (χ0n) is 10.8. The topological polar surface area (TPSA) is 30.5 Å². The van der Waals surface area contributed by atoms with E-state index in [1.54, 1.807) is 7.11 Å². The van der Waals surface area contributed by atoms with E-state index < -0.39 is 0 Å². The van der Waals surface area contributed by atoms with E-state index in [4.69, 9.17) is 9.57 Å². The van der Waals surface area contributed by atoms with Gasteiger partial charge in [0.25, 0.3) is 0 Å². The van der Waals surface area contributed by atoms with Crippen LogP contribution in [0.5, 0.6) is 5.75 Å². The quantitative estimate of drug-likeness (QED) is 0.778. The van der Waals surface area contributed by atoms with Gasteiger partial charge in [0.05, 0.1) is 13.2 Å². The van der Waals surface area contributed by atoms with Crippen LogP contribution in [0.3, 0.4) is 0 Å². The summed E-state index contributed by atoms with van der Waals surface area (Å²) in [6, 6.07) is 4.44. The second kappa shape index (κ2) is 5.87. The first-order valence-corrected chi connectivity index (χ1v) is 5.53. The molecule has 1 aromatic rings. The molecule has 0 aliphatic carbocycles. The molecule has 16 heavy (non-hydrogen) atoms. The van der Waals surface area contributed by atoms with Crippen molar-refractivity contribution in [2.24, 2.45) is 0 Å². The summed E-state index contributed by atoms with van der Waals surface area (Å²) < 4.78 is 5.79. The molecule has 0 aliphatic heterocycles. The second-order valence-electron chi connectivity index (χ2n) is 4.26. The number of hydroxylamine groups is 1. The van der Waals surface area contributed by atoms with Crippen molar-refractivity contribution in [2.45, 2.75) is 33.7 Å². The van der Waals surface area contributed by atoms with Crippen molar-refractivity contribution < 1.29 is 9.57 Å². The highest BCUT2D eigenvalue weighted by Crippen LogP contribution is 2.24. The standard InChI is InChI=1S/C13H21NO2/c1-9-6-10(2)13(11(3)7-9)16-8-12(4)14-15-5/h6-7,12,14H,8H2,1-5H3. The third kappa shape index (κ3) is 3.51. The van der Waals surface area contributed by atoms with Crippen LogP contribution < -0.4 is 10.2 Å². The van der Waals surface area contributed by atoms with Crippen molar-refractivity contribution in [3.63, 3.8) is 0 Å². The first kappa shape index (κ1) is 13.0. The lowest BCUT2D eigenvalue weighted by atomic mass is 10.1. The Hall–Kier alpha value is -1.06. The summed E-state index contributed by atoms with van der Waals surface area (Å²) in [5, 5.41) is 0. The summed E-state index contributed by atoms with van der Waals surface area (Å²) in [5.41, 5.74) is 6.47. The molecular weight excluding hydrogens is 202 g/mol. The minimum Gasteiger partial charge on any atom is -0.491 e. The highest BCUT2D eigenvalue weighted by Gasteiger charge is 2.07. The molecule has 1 atom stereocenters. The van der Waals surface area contributed by atoms with Gasteiger partial charge in [-0.25, -0.2) is 0 Å². The fraction of sp³-hybridized carbons (Fsp3) is 0.538. The van der Waals surface area contributed by atoms with Gasteiger partial charge in [-0.3, -0.25) is 0 Å². The van der Waals surface area contributed by atoms with Crippen LogP contribution in [0.4, 0.5) is 0 Å². The summed E-state index contributed by atoms with van der Waals surface area (Å²) in [6.07, 6.45) is 0. The minimum absolute atomic E-state index is 0.171. The van der Waals surface area contributed by atoms with Crippen molar-refractivity contribution in [1.82, 2.24) is 5.48 Å². The molecule has 0 bridgehead atoms. The molecule has 0 amide bonds. The first-order chi connectivity index (χ1) is 7.54. The van der Waals surface area contributed by atoms with Gasteiger partial charge in [-0.05, 0) is 38.8 Å². The van der Waals surface area contributed by atoms with Crippen molar-refractivity contribution in [2.75, 3.05) is 13.7 Å². The van der Waals surface area contributed by atoms with Gasteiger partial charge in [0.2, 0.25) is 0 Å². The highest BCUT2D eigenvalue weighted by molar-refractivity contribution is 5.42. The molecule has 0 saturated carbocycles. The molecule has 0 saturated heterocycles. The molecule has 1 rings (SSSR count). The van der Waals surface area contributed by atoms with Crippen LogP contribution in [-0.2, 0) is 4.84 Å². The molecule has 0 heterocycles. The van der Waals surface area contributed by atoms with E-state index in [0.29, 0.717) is 6.61 Å². The third-order valence-corrected chi connectivity index (χ3v) is 2.40. The maximum atomic E-state index is 5.79. The van der Waals surface area contributed by atoms with Gasteiger partial charge in [0.1, 0.15) is 12.4 Å². The average molecular weight is 223 g/mol. The molecule has 1 aromatic carbocycles. The van der Waals surface area contributed by atoms with Crippen LogP contribution in [0.1, 0.15) is 23.6 Å². The normalized spacial score (nSPS) is 12.6. The van der Waals surface area contributed by atoms with Gasteiger partial charge < -0.3 is 9.57 Å². The van der Waals surface area contributed by atoms with E-state index in [9.17, 15) is 0 Å². The molecule has 1 unspecified atom stereocenters. The van der Waals surface area contributed by atoms with Gasteiger partial charge in [0.15, 0.2) is 0 Å². The minimum atomic E-state index is 0.171. The van der Waals surface area contributed by atoms with Crippen molar-refractivity contribution >= 4 is 0 Å². The molecule has 3 nitrogen and oxygen atoms in total. The van der Waals surface area contributed by atoms with Gasteiger partial charge in [-0.1, -0.05) is 17.7 Å². The Bertz CT molecular complexity index is 327. The first-order valence-electron chi connectivity index (χ1n) is 5.53. The molecule has 0 fully saturated rings. The lowest BCUT2D eigenvalue weighted by Crippen LogP contribution is -2.31. The summed E-state index contributed by atoms with van der Waals surface area (Å²) in [4.78, 5) is 4.84. The maximum absolute atomic E-state index is 5.79. The largest absolute Gasteiger partial charge is 0.491 e. The van der Waals surface area contributed by atoms with Gasteiger partial charge >= 0.3 is 0 Å². The second-order valence-corrected chi connectivity index (χ2v) is 4.26. The third-order valence-electron chi connectivity index (χ3n) is 2.40. The Labute approximate surface area is 97.7 Å². The van der Waals surface area contributed by atoms with E-state index in [1.165, 1.54) is 16.7 Å². The fourth-order valence-corrected chi connectivity index (χ4v) is 1.84. The molecule has 3 heteroatoms. The van der Waals surface area contributed by atoms with Crippen LogP contribution in [0.2, 0.25) is 0 Å². The number of rotatable bonds is 5. The Kier molecular flexibility index (Phi) is 4.77. The predicted octanol–water partition coefficient (Wildman–Crippen LogP) is 2.53. The van der Waals surface area contributed by atoms with E-state index in [1.807, 2.05) is 6.92 Å². The van der Waals surface area contributed by atoms with Gasteiger partial charge in [-0.2, -0.15) is 5.48 Å². The van der Waals surface area contributed by atoms with Crippen molar-refractivity contribution in [3.8, 4) is 5.75 Å². The van der Waals surface area contributed by atoms with E-state index in [-0.39, 0.29) is 6.04 Å². The molecule has 0 aliphatic rings. The Balaban J connectivity index is 2.67. The van der Waals surface area contributed by atoms with Gasteiger partial charge in [-0.15, -0.1) is 0 Å². The smallest absolute Gasteiger partial charge is 0.125 e. The number of hydrogen-bond donors (Lipinski definition) is 1. The number of ether oxygens (including phenoxy) is 1. The molecule has 1 N–H and O–H groups in total. The fourth-order valence-electron chi connectivity index (χ4n) is 1.84. The van der Waals surface area contributed by atoms with Crippen LogP contribution in [0.15, 0.2) is 12.1 Å². The summed E-state index contributed by atoms with van der Waals surface area (Å²) >= 11 is 0. The zero-order chi connectivity index (χ0) is 12.1. The van der Waals surface area contributed by atoms with E-state index in [0.717, 1.165) is 5.75 Å². The van der Waals surface area contributed by atoms with Crippen molar-refractivity contribution in [1.29, 1.82) is 0 Å². The summed E-state index contributed by atoms with van der Waals surface area (Å²) in [6.45, 7) is 8.85. The SMILES string of the molecule is CONC(C)COc1c(C)cc(C)cc1C. The number of benzene rings is 1. The van der Waals surface area contributed by atoms with E-state index >= 15 is 0 Å². The summed E-state index contributed by atoms with van der Waals surface area (Å²) in [7, 11) is 1.61. The Morgan fingerprint density at radius 1 is 1.19 bits per heavy atom. The van der Waals surface area contributed by atoms with Crippen LogP contribution in [0.25, 0.3) is 0 Å².